The van der Waals surface area contributed by atoms with Crippen molar-refractivity contribution in [2.24, 2.45) is 0 Å². The van der Waals surface area contributed by atoms with Gasteiger partial charge in [-0.25, -0.2) is 31.9 Å². The zero-order chi connectivity index (χ0) is 23.5. The van der Waals surface area contributed by atoms with Crippen LogP contribution in [-0.4, -0.2) is 45.8 Å². The van der Waals surface area contributed by atoms with Crippen LogP contribution in [0.15, 0.2) is 30.6 Å². The Balaban J connectivity index is 1.81. The van der Waals surface area contributed by atoms with Gasteiger partial charge in [-0.05, 0) is 44.4 Å². The normalized spacial score (nSPS) is 18.0. The van der Waals surface area contributed by atoms with Crippen LogP contribution in [-0.2, 0) is 22.0 Å². The highest BCUT2D eigenvalue weighted by Crippen LogP contribution is 2.33. The van der Waals surface area contributed by atoms with Crippen LogP contribution in [0.5, 0.6) is 0 Å². The fourth-order valence-electron chi connectivity index (χ4n) is 3.94. The molecule has 0 radical (unpaired) electrons. The van der Waals surface area contributed by atoms with Crippen LogP contribution in [0.25, 0.3) is 5.69 Å². The topological polar surface area (TPSA) is 112 Å². The minimum Gasteiger partial charge on any atom is -0.370 e. The molecule has 0 aliphatic carbocycles. The van der Waals surface area contributed by atoms with Crippen LogP contribution in [0.3, 0.4) is 0 Å². The summed E-state index contributed by atoms with van der Waals surface area (Å²) in [6.45, 7) is 4.02. The lowest BCUT2D eigenvalue weighted by Gasteiger charge is -2.22. The van der Waals surface area contributed by atoms with Gasteiger partial charge in [0.1, 0.15) is 35.1 Å². The SMILES string of the molecule is Cc1cnc([C@H](Cc2nnc([C@@H]3CCCO3)n2-c2c(F)cccc2F)[C@@H](C)N[SH](=O)=O)nc1. The second-order valence-electron chi connectivity index (χ2n) is 7.99. The summed E-state index contributed by atoms with van der Waals surface area (Å²) in [6, 6.07) is 2.99. The van der Waals surface area contributed by atoms with Crippen molar-refractivity contribution >= 4 is 10.9 Å². The lowest BCUT2D eigenvalue weighted by molar-refractivity contribution is 0.103. The van der Waals surface area contributed by atoms with E-state index in [2.05, 4.69) is 24.9 Å². The van der Waals surface area contributed by atoms with E-state index < -0.39 is 40.6 Å². The Labute approximate surface area is 191 Å². The van der Waals surface area contributed by atoms with E-state index in [1.165, 1.54) is 10.6 Å². The van der Waals surface area contributed by atoms with E-state index in [0.717, 1.165) is 24.1 Å². The van der Waals surface area contributed by atoms with Crippen LogP contribution >= 0.6 is 0 Å². The van der Waals surface area contributed by atoms with E-state index >= 15 is 0 Å². The highest BCUT2D eigenvalue weighted by molar-refractivity contribution is 7.70. The Morgan fingerprint density at radius 1 is 1.21 bits per heavy atom. The first kappa shape index (κ1) is 23.3. The molecule has 0 saturated carbocycles. The summed E-state index contributed by atoms with van der Waals surface area (Å²) >= 11 is 0. The second kappa shape index (κ2) is 9.98. The number of aromatic nitrogens is 5. The van der Waals surface area contributed by atoms with Crippen molar-refractivity contribution in [1.29, 1.82) is 0 Å². The number of hydrogen-bond acceptors (Lipinski definition) is 7. The van der Waals surface area contributed by atoms with Gasteiger partial charge in [-0.1, -0.05) is 6.07 Å². The van der Waals surface area contributed by atoms with Crippen molar-refractivity contribution in [3.05, 3.63) is 65.3 Å². The molecule has 176 valence electrons. The summed E-state index contributed by atoms with van der Waals surface area (Å²) in [6.07, 6.45) is 4.31. The maximum Gasteiger partial charge on any atom is 0.201 e. The Kier molecular flexibility index (Phi) is 7.05. The summed E-state index contributed by atoms with van der Waals surface area (Å²) in [4.78, 5) is 8.69. The third-order valence-corrected chi connectivity index (χ3v) is 6.20. The fourth-order valence-corrected chi connectivity index (χ4v) is 4.45. The quantitative estimate of drug-likeness (QED) is 0.478. The van der Waals surface area contributed by atoms with E-state index in [1.807, 2.05) is 6.92 Å². The monoisotopic (exact) mass is 478 g/mol. The third kappa shape index (κ3) is 5.07. The molecule has 2 aromatic heterocycles. The highest BCUT2D eigenvalue weighted by atomic mass is 32.2. The van der Waals surface area contributed by atoms with Crippen molar-refractivity contribution in [2.45, 2.75) is 51.2 Å². The molecule has 1 aliphatic rings. The number of nitrogens with one attached hydrogen (secondary N) is 1. The van der Waals surface area contributed by atoms with E-state index in [9.17, 15) is 17.2 Å². The van der Waals surface area contributed by atoms with Crippen molar-refractivity contribution in [3.63, 3.8) is 0 Å². The van der Waals surface area contributed by atoms with E-state index in [1.54, 1.807) is 19.3 Å². The lowest BCUT2D eigenvalue weighted by Crippen LogP contribution is -2.34. The minimum absolute atomic E-state index is 0.0773. The number of hydrogen-bond donors (Lipinski definition) is 2. The molecule has 0 bridgehead atoms. The first-order chi connectivity index (χ1) is 15.8. The molecule has 3 heterocycles. The van der Waals surface area contributed by atoms with E-state index in [0.29, 0.717) is 24.7 Å². The number of nitrogens with zero attached hydrogens (tertiary/aromatic N) is 5. The van der Waals surface area contributed by atoms with Gasteiger partial charge < -0.3 is 4.74 Å². The molecule has 1 aromatic carbocycles. The number of thiol groups is 1. The van der Waals surface area contributed by atoms with Crippen molar-refractivity contribution in [3.8, 4) is 5.69 Å². The van der Waals surface area contributed by atoms with E-state index in [-0.39, 0.29) is 17.9 Å². The van der Waals surface area contributed by atoms with Crippen molar-refractivity contribution in [1.82, 2.24) is 29.5 Å². The molecule has 4 rings (SSSR count). The summed E-state index contributed by atoms with van der Waals surface area (Å²) in [7, 11) is -2.90. The molecule has 1 saturated heterocycles. The minimum atomic E-state index is -2.90. The predicted molar refractivity (Wildman–Crippen MR) is 115 cm³/mol. The predicted octanol–water partition coefficient (Wildman–Crippen LogP) is 2.33. The molecule has 3 aromatic rings. The fraction of sp³-hybridized carbons (Fsp3) is 0.429. The second-order valence-corrected chi connectivity index (χ2v) is 8.76. The third-order valence-electron chi connectivity index (χ3n) is 5.58. The van der Waals surface area contributed by atoms with Gasteiger partial charge in [0.05, 0.1) is 0 Å². The molecular formula is C21H24F2N6O3S. The number of para-hydroxylation sites is 1. The maximum absolute atomic E-state index is 14.8. The molecule has 0 unspecified atom stereocenters. The Hall–Kier alpha value is -2.83. The van der Waals surface area contributed by atoms with Gasteiger partial charge in [-0.15, -0.1) is 10.2 Å². The molecule has 1 fully saturated rings. The summed E-state index contributed by atoms with van der Waals surface area (Å²) in [5, 5.41) is 8.44. The van der Waals surface area contributed by atoms with Crippen LogP contribution in [0, 0.1) is 18.6 Å². The first-order valence-electron chi connectivity index (χ1n) is 10.5. The standard InChI is InChI=1S/C21H24F2N6O3S/c1-12-10-24-20(25-11-12)14(13(2)28-33(30)31)9-18-26-27-21(17-7-4-8-32-17)29(18)19-15(22)5-3-6-16(19)23/h3,5-6,10-11,13-14,17,33H,4,7-9H2,1-2H3,(H,28,30,31)/t13-,14-,17+/m1/s1. The van der Waals surface area contributed by atoms with Crippen LogP contribution in [0.1, 0.15) is 54.8 Å². The molecule has 0 spiro atoms. The summed E-state index contributed by atoms with van der Waals surface area (Å²) in [5.41, 5.74) is 0.535. The van der Waals surface area contributed by atoms with Gasteiger partial charge >= 0.3 is 0 Å². The molecule has 9 nitrogen and oxygen atoms in total. The molecular weight excluding hydrogens is 454 g/mol. The van der Waals surface area contributed by atoms with E-state index in [4.69, 9.17) is 4.74 Å². The van der Waals surface area contributed by atoms with Crippen LogP contribution < -0.4 is 4.72 Å². The van der Waals surface area contributed by atoms with Gasteiger partial charge in [0.25, 0.3) is 0 Å². The average Bonchev–Trinajstić information content (AvgIpc) is 3.42. The van der Waals surface area contributed by atoms with Crippen LogP contribution in [0.4, 0.5) is 8.78 Å². The zero-order valence-corrected chi connectivity index (χ0v) is 19.0. The molecule has 3 atom stereocenters. The number of benzene rings is 1. The highest BCUT2D eigenvalue weighted by Gasteiger charge is 2.32. The van der Waals surface area contributed by atoms with Crippen molar-refractivity contribution < 1.29 is 21.9 Å². The van der Waals surface area contributed by atoms with Gasteiger partial charge in [0.15, 0.2) is 5.82 Å². The number of ether oxygens (including phenoxy) is 1. The maximum atomic E-state index is 14.8. The molecule has 1 N–H and O–H groups in total. The lowest BCUT2D eigenvalue weighted by atomic mass is 9.96. The van der Waals surface area contributed by atoms with Gasteiger partial charge in [-0.2, -0.15) is 0 Å². The molecule has 0 amide bonds. The largest absolute Gasteiger partial charge is 0.370 e. The van der Waals surface area contributed by atoms with Gasteiger partial charge in [0.2, 0.25) is 10.9 Å². The van der Waals surface area contributed by atoms with Gasteiger partial charge in [0, 0.05) is 37.4 Å². The van der Waals surface area contributed by atoms with Gasteiger partial charge in [-0.3, -0.25) is 4.57 Å². The average molecular weight is 479 g/mol. The summed E-state index contributed by atoms with van der Waals surface area (Å²) < 4.78 is 61.8. The van der Waals surface area contributed by atoms with Crippen molar-refractivity contribution in [2.75, 3.05) is 6.61 Å². The Morgan fingerprint density at radius 2 is 1.91 bits per heavy atom. The number of halogens is 2. The Morgan fingerprint density at radius 3 is 2.52 bits per heavy atom. The Bertz CT molecular complexity index is 1170. The molecule has 33 heavy (non-hydrogen) atoms. The molecule has 12 heteroatoms. The molecule has 1 aliphatic heterocycles. The smallest absolute Gasteiger partial charge is 0.201 e. The first-order valence-corrected chi connectivity index (χ1v) is 11.7. The van der Waals surface area contributed by atoms with Crippen LogP contribution in [0.2, 0.25) is 0 Å². The summed E-state index contributed by atoms with van der Waals surface area (Å²) in [5.74, 6) is -1.20. The number of rotatable bonds is 8. The number of aryl methyl sites for hydroxylation is 1. The zero-order valence-electron chi connectivity index (χ0n) is 18.1.